The summed E-state index contributed by atoms with van der Waals surface area (Å²) in [5.74, 6) is 0. The first-order chi connectivity index (χ1) is 9.15. The van der Waals surface area contributed by atoms with Crippen molar-refractivity contribution in [3.05, 3.63) is 28.8 Å². The number of sulfonamides is 1. The average Bonchev–Trinajstić information content (AvgIpc) is 2.33. The second-order valence-electron chi connectivity index (χ2n) is 4.03. The Bertz CT molecular complexity index is 561. The van der Waals surface area contributed by atoms with Gasteiger partial charge in [-0.1, -0.05) is 17.7 Å². The summed E-state index contributed by atoms with van der Waals surface area (Å²) in [6.07, 6.45) is -5.71. The maximum absolute atomic E-state index is 11.9. The fraction of sp³-hybridized carbons (Fsp3) is 0.455. The molecular formula is C11H13ClF3NO3S. The Morgan fingerprint density at radius 3 is 2.45 bits per heavy atom. The van der Waals surface area contributed by atoms with Gasteiger partial charge in [-0.2, -0.15) is 13.2 Å². The van der Waals surface area contributed by atoms with Gasteiger partial charge in [0.2, 0.25) is 10.0 Å². The Kier molecular flexibility index (Phi) is 5.81. The Morgan fingerprint density at radius 2 is 1.95 bits per heavy atom. The van der Waals surface area contributed by atoms with E-state index >= 15 is 0 Å². The van der Waals surface area contributed by atoms with Crippen LogP contribution in [0.1, 0.15) is 18.4 Å². The molecule has 0 unspecified atom stereocenters. The van der Waals surface area contributed by atoms with Gasteiger partial charge in [0.05, 0.1) is 11.5 Å². The van der Waals surface area contributed by atoms with Crippen molar-refractivity contribution in [3.63, 3.8) is 0 Å². The van der Waals surface area contributed by atoms with Crippen LogP contribution in [-0.2, 0) is 16.6 Å². The first-order valence-electron chi connectivity index (χ1n) is 5.61. The number of halogens is 4. The molecule has 1 aromatic carbocycles. The summed E-state index contributed by atoms with van der Waals surface area (Å²) in [6.45, 7) is -0.653. The van der Waals surface area contributed by atoms with E-state index in [1.54, 1.807) is 0 Å². The van der Waals surface area contributed by atoms with Crippen LogP contribution in [0.15, 0.2) is 23.1 Å². The number of aliphatic hydroxyl groups is 1. The van der Waals surface area contributed by atoms with Gasteiger partial charge in [0.25, 0.3) is 0 Å². The molecule has 9 heteroatoms. The Labute approximate surface area is 119 Å². The fourth-order valence-electron chi connectivity index (χ4n) is 1.40. The largest absolute Gasteiger partial charge is 0.392 e. The van der Waals surface area contributed by atoms with E-state index in [2.05, 4.69) is 4.72 Å². The van der Waals surface area contributed by atoms with E-state index in [0.717, 1.165) is 6.07 Å². The lowest BCUT2D eigenvalue weighted by molar-refractivity contribution is -0.135. The van der Waals surface area contributed by atoms with Gasteiger partial charge >= 0.3 is 6.18 Å². The molecule has 0 heterocycles. The fourth-order valence-corrected chi connectivity index (χ4v) is 2.81. The molecule has 0 fully saturated rings. The summed E-state index contributed by atoms with van der Waals surface area (Å²) in [6, 6.07) is 3.70. The standard InChI is InChI=1S/C11H13ClF3NO3S/c12-10-6-9(3-2-8(10)7-17)20(18,19)16-5-1-4-11(13,14)15/h2-3,6,16-17H,1,4-5,7H2. The monoisotopic (exact) mass is 331 g/mol. The van der Waals surface area contributed by atoms with E-state index in [9.17, 15) is 21.6 Å². The van der Waals surface area contributed by atoms with Gasteiger partial charge in [0.1, 0.15) is 0 Å². The third-order valence-corrected chi connectivity index (χ3v) is 4.24. The summed E-state index contributed by atoms with van der Waals surface area (Å²) in [5.41, 5.74) is 0.364. The summed E-state index contributed by atoms with van der Waals surface area (Å²) in [5, 5.41) is 8.98. The lowest BCUT2D eigenvalue weighted by Crippen LogP contribution is -2.26. The first-order valence-corrected chi connectivity index (χ1v) is 7.47. The molecule has 0 aliphatic carbocycles. The van der Waals surface area contributed by atoms with Gasteiger partial charge in [-0.15, -0.1) is 0 Å². The molecule has 0 saturated carbocycles. The molecule has 0 bridgehead atoms. The van der Waals surface area contributed by atoms with Crippen LogP contribution in [0.5, 0.6) is 0 Å². The van der Waals surface area contributed by atoms with Gasteiger partial charge in [-0.25, -0.2) is 13.1 Å². The third kappa shape index (κ3) is 5.28. The van der Waals surface area contributed by atoms with Crippen molar-refractivity contribution >= 4 is 21.6 Å². The summed E-state index contributed by atoms with van der Waals surface area (Å²) in [4.78, 5) is -0.160. The van der Waals surface area contributed by atoms with Crippen LogP contribution < -0.4 is 4.72 Å². The molecule has 0 atom stereocenters. The minimum atomic E-state index is -4.31. The Morgan fingerprint density at radius 1 is 1.30 bits per heavy atom. The topological polar surface area (TPSA) is 66.4 Å². The highest BCUT2D eigenvalue weighted by atomic mass is 35.5. The van der Waals surface area contributed by atoms with E-state index in [-0.39, 0.29) is 29.5 Å². The molecule has 0 aliphatic rings. The quantitative estimate of drug-likeness (QED) is 0.787. The average molecular weight is 332 g/mol. The Hall–Kier alpha value is -0.830. The lowest BCUT2D eigenvalue weighted by Gasteiger charge is -2.09. The van der Waals surface area contributed by atoms with Gasteiger partial charge in [-0.3, -0.25) is 0 Å². The molecule has 114 valence electrons. The zero-order valence-corrected chi connectivity index (χ0v) is 11.8. The smallest absolute Gasteiger partial charge is 0.389 e. The van der Waals surface area contributed by atoms with E-state index in [1.165, 1.54) is 12.1 Å². The number of aliphatic hydroxyl groups excluding tert-OH is 1. The molecular weight excluding hydrogens is 319 g/mol. The molecule has 1 aromatic rings. The van der Waals surface area contributed by atoms with Crippen molar-refractivity contribution in [2.24, 2.45) is 0 Å². The van der Waals surface area contributed by atoms with Crippen LogP contribution in [0.3, 0.4) is 0 Å². The number of nitrogens with one attached hydrogen (secondary N) is 1. The van der Waals surface area contributed by atoms with E-state index in [4.69, 9.17) is 16.7 Å². The second-order valence-corrected chi connectivity index (χ2v) is 6.20. The number of hydrogen-bond donors (Lipinski definition) is 2. The molecule has 20 heavy (non-hydrogen) atoms. The molecule has 0 aliphatic heterocycles. The predicted octanol–water partition coefficient (Wildman–Crippen LogP) is 2.45. The van der Waals surface area contributed by atoms with Crippen molar-refractivity contribution in [1.29, 1.82) is 0 Å². The number of hydrogen-bond acceptors (Lipinski definition) is 3. The van der Waals surface area contributed by atoms with Gasteiger partial charge in [0.15, 0.2) is 0 Å². The van der Waals surface area contributed by atoms with Crippen LogP contribution in [0, 0.1) is 0 Å². The first kappa shape index (κ1) is 17.2. The normalized spacial score (nSPS) is 12.7. The molecule has 2 N–H and O–H groups in total. The van der Waals surface area contributed by atoms with Crippen molar-refractivity contribution < 1.29 is 26.7 Å². The van der Waals surface area contributed by atoms with Crippen LogP contribution in [0.25, 0.3) is 0 Å². The van der Waals surface area contributed by atoms with Crippen molar-refractivity contribution in [1.82, 2.24) is 4.72 Å². The molecule has 0 amide bonds. The summed E-state index contributed by atoms with van der Waals surface area (Å²) >= 11 is 5.76. The second kappa shape index (κ2) is 6.75. The number of alkyl halides is 3. The Balaban J connectivity index is 2.67. The SMILES string of the molecule is O=S(=O)(NCCCC(F)(F)F)c1ccc(CO)c(Cl)c1. The number of benzene rings is 1. The van der Waals surface area contributed by atoms with E-state index in [1.807, 2.05) is 0 Å². The maximum Gasteiger partial charge on any atom is 0.389 e. The van der Waals surface area contributed by atoms with Crippen LogP contribution in [0.4, 0.5) is 13.2 Å². The lowest BCUT2D eigenvalue weighted by atomic mass is 10.2. The van der Waals surface area contributed by atoms with Gasteiger partial charge in [-0.05, 0) is 24.1 Å². The molecule has 0 saturated heterocycles. The van der Waals surface area contributed by atoms with E-state index in [0.29, 0.717) is 5.56 Å². The van der Waals surface area contributed by atoms with Gasteiger partial charge < -0.3 is 5.11 Å². The van der Waals surface area contributed by atoms with Crippen LogP contribution >= 0.6 is 11.6 Å². The molecule has 4 nitrogen and oxygen atoms in total. The van der Waals surface area contributed by atoms with Crippen LogP contribution in [-0.4, -0.2) is 26.2 Å². The minimum absolute atomic E-state index is 0.0747. The molecule has 1 rings (SSSR count). The highest BCUT2D eigenvalue weighted by Gasteiger charge is 2.26. The van der Waals surface area contributed by atoms with Crippen LogP contribution in [0.2, 0.25) is 5.02 Å². The minimum Gasteiger partial charge on any atom is -0.392 e. The zero-order chi connectivity index (χ0) is 15.4. The predicted molar refractivity (Wildman–Crippen MR) is 67.9 cm³/mol. The highest BCUT2D eigenvalue weighted by Crippen LogP contribution is 2.22. The zero-order valence-electron chi connectivity index (χ0n) is 10.2. The van der Waals surface area contributed by atoms with Crippen molar-refractivity contribution in [3.8, 4) is 0 Å². The van der Waals surface area contributed by atoms with Gasteiger partial charge in [0, 0.05) is 18.0 Å². The molecule has 0 aromatic heterocycles. The third-order valence-electron chi connectivity index (χ3n) is 2.43. The highest BCUT2D eigenvalue weighted by molar-refractivity contribution is 7.89. The van der Waals surface area contributed by atoms with E-state index < -0.39 is 22.6 Å². The molecule has 0 radical (unpaired) electrons. The number of rotatable bonds is 6. The molecule has 0 spiro atoms. The van der Waals surface area contributed by atoms with Crippen molar-refractivity contribution in [2.75, 3.05) is 6.54 Å². The van der Waals surface area contributed by atoms with Crippen molar-refractivity contribution in [2.45, 2.75) is 30.5 Å². The summed E-state index contributed by atoms with van der Waals surface area (Å²) in [7, 11) is -3.91. The maximum atomic E-state index is 11.9. The summed E-state index contributed by atoms with van der Waals surface area (Å²) < 4.78 is 61.4.